The number of nitrogens with zero attached hydrogens (tertiary/aromatic N) is 2. The largest absolute Gasteiger partial charge is 0.493 e. The number of primary amides is 1. The molecule has 15 heteroatoms. The van der Waals surface area contributed by atoms with Crippen molar-refractivity contribution < 1.29 is 46.4 Å². The summed E-state index contributed by atoms with van der Waals surface area (Å²) in [6.07, 6.45) is -7.81. The van der Waals surface area contributed by atoms with Gasteiger partial charge in [-0.2, -0.15) is 17.6 Å². The van der Waals surface area contributed by atoms with Crippen molar-refractivity contribution >= 4 is 22.8 Å². The fraction of sp³-hybridized carbons (Fsp3) is 0.435. The van der Waals surface area contributed by atoms with Gasteiger partial charge >= 0.3 is 6.18 Å². The number of halogens is 5. The molecular formula is C23H24F5N5O5. The third kappa shape index (κ3) is 4.39. The Balaban J connectivity index is 1.92. The van der Waals surface area contributed by atoms with E-state index in [0.29, 0.717) is 0 Å². The highest BCUT2D eigenvalue weighted by Gasteiger charge is 2.65. The van der Waals surface area contributed by atoms with Crippen LogP contribution in [0.2, 0.25) is 0 Å². The summed E-state index contributed by atoms with van der Waals surface area (Å²) >= 11 is 0. The Morgan fingerprint density at radius 3 is 2.61 bits per heavy atom. The summed E-state index contributed by atoms with van der Waals surface area (Å²) in [5.41, 5.74) is 2.19. The predicted molar refractivity (Wildman–Crippen MR) is 122 cm³/mol. The number of carbonyl (C=O) groups excluding carboxylic acids is 1. The van der Waals surface area contributed by atoms with Gasteiger partial charge < -0.3 is 35.7 Å². The zero-order valence-electron chi connectivity index (χ0n) is 20.2. The van der Waals surface area contributed by atoms with E-state index < -0.39 is 65.8 Å². The number of hydrogen-bond donors (Lipinski definition) is 5. The Hall–Kier alpha value is -3.56. The van der Waals surface area contributed by atoms with E-state index in [1.807, 2.05) is 0 Å². The quantitative estimate of drug-likeness (QED) is 0.224. The van der Waals surface area contributed by atoms with E-state index in [0.717, 1.165) is 26.2 Å². The molecule has 38 heavy (non-hydrogen) atoms. The lowest BCUT2D eigenvalue weighted by molar-refractivity contribution is -0.275. The number of fused-ring (bicyclic) bond motifs is 1. The Morgan fingerprint density at radius 2 is 2.03 bits per heavy atom. The second kappa shape index (κ2) is 9.63. The molecule has 5 atom stereocenters. The van der Waals surface area contributed by atoms with Gasteiger partial charge in [-0.15, -0.1) is 0 Å². The van der Waals surface area contributed by atoms with Crippen LogP contribution in [-0.4, -0.2) is 62.8 Å². The molecule has 0 aliphatic carbocycles. The number of aliphatic hydroxyl groups excluding tert-OH is 2. The van der Waals surface area contributed by atoms with Crippen molar-refractivity contribution in [3.05, 3.63) is 46.9 Å². The fourth-order valence-electron chi connectivity index (χ4n) is 4.68. The molecule has 1 aliphatic rings. The molecule has 1 fully saturated rings. The number of anilines is 1. The van der Waals surface area contributed by atoms with Gasteiger partial charge in [0.15, 0.2) is 22.9 Å². The number of imidazole rings is 1. The van der Waals surface area contributed by atoms with E-state index in [4.69, 9.17) is 20.3 Å². The number of aliphatic hydroxyl groups is 2. The maximum Gasteiger partial charge on any atom is 0.417 e. The number of nitrogens with two attached hydrogens (primary N) is 1. The maximum absolute atomic E-state index is 14.6. The smallest absolute Gasteiger partial charge is 0.417 e. The number of methoxy groups -OCH3 is 1. The number of alkyl halides is 3. The standard InChI is InChI=1S/C23H24F5N5O5/c1-8-14(9-4-5-10(24)15(25)18(9)37-3)19(38-22(8,2)23(26,27)28)21-30-11-6-12(31-13(35)7-34)32-17(20(29)36)16(11)33-21/h4-6,8,13-14,19,34-35H,7H2,1-3H3,(H2,29,36)(H,30,33)(H,31,32)/t8-,13?,14-,19+,22+/m0/s1. The minimum absolute atomic E-state index is 0.0843. The summed E-state index contributed by atoms with van der Waals surface area (Å²) in [6.45, 7) is 1.41. The zero-order valence-corrected chi connectivity index (χ0v) is 20.2. The number of nitrogens with one attached hydrogen (secondary N) is 2. The third-order valence-corrected chi connectivity index (χ3v) is 6.79. The van der Waals surface area contributed by atoms with Gasteiger partial charge in [-0.1, -0.05) is 13.0 Å². The Kier molecular flexibility index (Phi) is 6.96. The van der Waals surface area contributed by atoms with Gasteiger partial charge in [-0.3, -0.25) is 4.79 Å². The van der Waals surface area contributed by atoms with E-state index in [1.54, 1.807) is 0 Å². The van der Waals surface area contributed by atoms with Gasteiger partial charge in [0.1, 0.15) is 29.5 Å². The average Bonchev–Trinajstić information content (AvgIpc) is 3.39. The van der Waals surface area contributed by atoms with Crippen molar-refractivity contribution in [3.63, 3.8) is 0 Å². The van der Waals surface area contributed by atoms with E-state index in [9.17, 15) is 31.9 Å². The minimum Gasteiger partial charge on any atom is -0.493 e. The van der Waals surface area contributed by atoms with Crippen LogP contribution in [0.5, 0.6) is 5.75 Å². The van der Waals surface area contributed by atoms with Gasteiger partial charge in [0.2, 0.25) is 5.82 Å². The Morgan fingerprint density at radius 1 is 1.34 bits per heavy atom. The van der Waals surface area contributed by atoms with Crippen molar-refractivity contribution in [1.29, 1.82) is 0 Å². The van der Waals surface area contributed by atoms with Crippen LogP contribution in [0.25, 0.3) is 11.0 Å². The molecule has 0 spiro atoms. The molecule has 0 radical (unpaired) electrons. The number of H-pyrrole nitrogens is 1. The maximum atomic E-state index is 14.6. The highest BCUT2D eigenvalue weighted by atomic mass is 19.4. The van der Waals surface area contributed by atoms with Crippen LogP contribution in [0.1, 0.15) is 47.7 Å². The summed E-state index contributed by atoms with van der Waals surface area (Å²) in [5, 5.41) is 21.2. The van der Waals surface area contributed by atoms with Gasteiger partial charge in [0.05, 0.1) is 19.2 Å². The van der Waals surface area contributed by atoms with Crippen molar-refractivity contribution in [2.45, 2.75) is 43.9 Å². The highest BCUT2D eigenvalue weighted by Crippen LogP contribution is 2.59. The van der Waals surface area contributed by atoms with Crippen LogP contribution in [-0.2, 0) is 4.74 Å². The van der Waals surface area contributed by atoms with Crippen LogP contribution < -0.4 is 15.8 Å². The number of pyridine rings is 1. The summed E-state index contributed by atoms with van der Waals surface area (Å²) in [5.74, 6) is -7.10. The SMILES string of the molecule is COc1c([C@H]2[C@H](c3nc4c(C(N)=O)nc(NC(O)CO)cc4[nH]3)O[C@@](C)(C(F)(F)F)[C@H]2C)ccc(F)c1F. The Bertz CT molecular complexity index is 1380. The van der Waals surface area contributed by atoms with Crippen molar-refractivity contribution in [1.82, 2.24) is 15.0 Å². The van der Waals surface area contributed by atoms with E-state index in [2.05, 4.69) is 20.3 Å². The lowest BCUT2D eigenvalue weighted by Crippen LogP contribution is -2.46. The van der Waals surface area contributed by atoms with Crippen LogP contribution in [0.15, 0.2) is 18.2 Å². The zero-order chi connectivity index (χ0) is 28.2. The van der Waals surface area contributed by atoms with Crippen molar-refractivity contribution in [3.8, 4) is 5.75 Å². The molecular weight excluding hydrogens is 521 g/mol. The molecule has 6 N–H and O–H groups in total. The number of aromatic amines is 1. The molecule has 206 valence electrons. The van der Waals surface area contributed by atoms with Crippen LogP contribution in [0.4, 0.5) is 27.8 Å². The second-order valence-electron chi connectivity index (χ2n) is 9.02. The van der Waals surface area contributed by atoms with Gasteiger partial charge in [-0.05, 0) is 13.0 Å². The first kappa shape index (κ1) is 27.5. The van der Waals surface area contributed by atoms with Gasteiger partial charge in [0, 0.05) is 23.5 Å². The van der Waals surface area contributed by atoms with Crippen LogP contribution in [0, 0.1) is 17.6 Å². The molecule has 1 aromatic carbocycles. The monoisotopic (exact) mass is 545 g/mol. The first-order chi connectivity index (χ1) is 17.7. The lowest BCUT2D eigenvalue weighted by Gasteiger charge is -2.32. The van der Waals surface area contributed by atoms with Gasteiger partial charge in [-0.25, -0.2) is 14.4 Å². The van der Waals surface area contributed by atoms with Crippen LogP contribution in [0.3, 0.4) is 0 Å². The molecule has 4 rings (SSSR count). The third-order valence-electron chi connectivity index (χ3n) is 6.79. The Labute approximate surface area is 212 Å². The van der Waals surface area contributed by atoms with E-state index in [-0.39, 0.29) is 33.9 Å². The summed E-state index contributed by atoms with van der Waals surface area (Å²) in [4.78, 5) is 23.1. The first-order valence-electron chi connectivity index (χ1n) is 11.3. The highest BCUT2D eigenvalue weighted by molar-refractivity contribution is 6.03. The summed E-state index contributed by atoms with van der Waals surface area (Å²) < 4.78 is 81.8. The first-order valence-corrected chi connectivity index (χ1v) is 11.3. The normalized spacial score (nSPS) is 24.5. The second-order valence-corrected chi connectivity index (χ2v) is 9.02. The topological polar surface area (TPSA) is 156 Å². The fourth-order valence-corrected chi connectivity index (χ4v) is 4.68. The van der Waals surface area contributed by atoms with Crippen molar-refractivity contribution in [2.75, 3.05) is 19.0 Å². The lowest BCUT2D eigenvalue weighted by atomic mass is 9.77. The van der Waals surface area contributed by atoms with Gasteiger partial charge in [0.25, 0.3) is 5.91 Å². The molecule has 3 heterocycles. The number of hydrogen-bond acceptors (Lipinski definition) is 8. The average molecular weight is 545 g/mol. The molecule has 1 saturated heterocycles. The molecule has 10 nitrogen and oxygen atoms in total. The van der Waals surface area contributed by atoms with E-state index in [1.165, 1.54) is 13.0 Å². The number of aromatic nitrogens is 3. The molecule has 2 aromatic heterocycles. The number of carbonyl (C=O) groups is 1. The number of benzene rings is 1. The molecule has 1 unspecified atom stereocenters. The van der Waals surface area contributed by atoms with Crippen LogP contribution >= 0.6 is 0 Å². The molecule has 3 aromatic rings. The molecule has 1 aliphatic heterocycles. The number of rotatable bonds is 7. The molecule has 0 saturated carbocycles. The number of amides is 1. The predicted octanol–water partition coefficient (Wildman–Crippen LogP) is 2.88. The minimum atomic E-state index is -4.87. The summed E-state index contributed by atoms with van der Waals surface area (Å²) in [6, 6.07) is 3.18. The molecule has 1 amide bonds. The van der Waals surface area contributed by atoms with Crippen molar-refractivity contribution in [2.24, 2.45) is 11.7 Å². The number of ether oxygens (including phenoxy) is 2. The summed E-state index contributed by atoms with van der Waals surface area (Å²) in [7, 11) is 1.06. The molecule has 0 bridgehead atoms. The van der Waals surface area contributed by atoms with E-state index >= 15 is 0 Å².